The number of ether oxygens (including phenoxy) is 1. The zero-order chi connectivity index (χ0) is 12.0. The first kappa shape index (κ1) is 13.5. The Morgan fingerprint density at radius 3 is 2.50 bits per heavy atom. The maximum atomic E-state index is 7.47. The molecule has 16 heavy (non-hydrogen) atoms. The summed E-state index contributed by atoms with van der Waals surface area (Å²) < 4.78 is 5.85. The summed E-state index contributed by atoms with van der Waals surface area (Å²) in [6, 6.07) is 0. The molecular weight excluding hydrogens is 200 g/mol. The zero-order valence-corrected chi connectivity index (χ0v) is 10.7. The Hall–Kier alpha value is -0.570. The van der Waals surface area contributed by atoms with Gasteiger partial charge in [-0.25, -0.2) is 0 Å². The first-order valence-electron chi connectivity index (χ1n) is 6.48. The Morgan fingerprint density at radius 2 is 1.94 bits per heavy atom. The van der Waals surface area contributed by atoms with Gasteiger partial charge < -0.3 is 10.5 Å². The van der Waals surface area contributed by atoms with Gasteiger partial charge in [-0.1, -0.05) is 33.1 Å². The predicted molar refractivity (Wildman–Crippen MR) is 67.8 cm³/mol. The Kier molecular flexibility index (Phi) is 5.26. The highest BCUT2D eigenvalue weighted by atomic mass is 16.5. The van der Waals surface area contributed by atoms with Crippen LogP contribution in [0, 0.1) is 10.8 Å². The van der Waals surface area contributed by atoms with E-state index in [1.54, 1.807) is 0 Å². The number of rotatable bonds is 6. The third-order valence-electron chi connectivity index (χ3n) is 3.58. The molecule has 0 spiro atoms. The Labute approximate surface area is 99.3 Å². The van der Waals surface area contributed by atoms with Crippen molar-refractivity contribution in [2.24, 2.45) is 11.1 Å². The third-order valence-corrected chi connectivity index (χ3v) is 3.58. The van der Waals surface area contributed by atoms with Crippen molar-refractivity contribution < 1.29 is 4.74 Å². The van der Waals surface area contributed by atoms with E-state index in [-0.39, 0.29) is 11.3 Å². The summed E-state index contributed by atoms with van der Waals surface area (Å²) in [5.74, 6) is 0.283. The van der Waals surface area contributed by atoms with E-state index in [1.807, 2.05) is 13.8 Å². The standard InChI is InChI=1S/C13H26N2O/c1-13(2,12(14)15)9-6-10-16-11-7-4-3-5-8-11/h11H,3-10H2,1-2H3,(H3,14,15). The molecule has 1 aliphatic carbocycles. The quantitative estimate of drug-likeness (QED) is 0.415. The number of hydrogen-bond donors (Lipinski definition) is 2. The number of nitrogens with one attached hydrogen (secondary N) is 1. The van der Waals surface area contributed by atoms with Gasteiger partial charge in [0.2, 0.25) is 0 Å². The van der Waals surface area contributed by atoms with Crippen molar-refractivity contribution in [3.8, 4) is 0 Å². The lowest BCUT2D eigenvalue weighted by Crippen LogP contribution is -2.31. The average molecular weight is 226 g/mol. The van der Waals surface area contributed by atoms with Crippen LogP contribution in [0.1, 0.15) is 58.8 Å². The van der Waals surface area contributed by atoms with Crippen molar-refractivity contribution in [3.05, 3.63) is 0 Å². The molecule has 0 aromatic heterocycles. The van der Waals surface area contributed by atoms with Crippen LogP contribution in [-0.4, -0.2) is 18.5 Å². The maximum absolute atomic E-state index is 7.47. The first-order valence-corrected chi connectivity index (χ1v) is 6.48. The zero-order valence-electron chi connectivity index (χ0n) is 10.7. The predicted octanol–water partition coefficient (Wildman–Crippen LogP) is 3.08. The van der Waals surface area contributed by atoms with Crippen LogP contribution in [0.3, 0.4) is 0 Å². The van der Waals surface area contributed by atoms with E-state index in [9.17, 15) is 0 Å². The summed E-state index contributed by atoms with van der Waals surface area (Å²) in [6.45, 7) is 4.87. The molecule has 0 aromatic rings. The van der Waals surface area contributed by atoms with Gasteiger partial charge in [-0.3, -0.25) is 5.41 Å². The Balaban J connectivity index is 2.09. The van der Waals surface area contributed by atoms with Gasteiger partial charge in [0.25, 0.3) is 0 Å². The number of amidine groups is 1. The molecule has 0 amide bonds. The molecule has 0 atom stereocenters. The van der Waals surface area contributed by atoms with Crippen LogP contribution in [-0.2, 0) is 4.74 Å². The highest BCUT2D eigenvalue weighted by molar-refractivity contribution is 5.82. The van der Waals surface area contributed by atoms with E-state index in [0.29, 0.717) is 6.10 Å². The van der Waals surface area contributed by atoms with E-state index in [1.165, 1.54) is 32.1 Å². The third kappa shape index (κ3) is 4.52. The topological polar surface area (TPSA) is 59.1 Å². The number of nitrogens with two attached hydrogens (primary N) is 1. The summed E-state index contributed by atoms with van der Waals surface area (Å²) in [7, 11) is 0. The molecule has 0 saturated heterocycles. The monoisotopic (exact) mass is 226 g/mol. The van der Waals surface area contributed by atoms with Crippen molar-refractivity contribution >= 4 is 5.84 Å². The molecule has 3 nitrogen and oxygen atoms in total. The van der Waals surface area contributed by atoms with E-state index in [0.717, 1.165) is 19.4 Å². The fraction of sp³-hybridized carbons (Fsp3) is 0.923. The highest BCUT2D eigenvalue weighted by Gasteiger charge is 2.21. The molecule has 1 saturated carbocycles. The second kappa shape index (κ2) is 6.24. The van der Waals surface area contributed by atoms with Crippen LogP contribution in [0.4, 0.5) is 0 Å². The second-order valence-electron chi connectivity index (χ2n) is 5.53. The van der Waals surface area contributed by atoms with Crippen molar-refractivity contribution in [1.82, 2.24) is 0 Å². The van der Waals surface area contributed by atoms with Gasteiger partial charge in [0.1, 0.15) is 0 Å². The SMILES string of the molecule is CC(C)(CCCOC1CCCCC1)C(=N)N. The van der Waals surface area contributed by atoms with Crippen molar-refractivity contribution in [2.45, 2.75) is 64.9 Å². The molecule has 1 aliphatic rings. The lowest BCUT2D eigenvalue weighted by Gasteiger charge is -2.25. The molecule has 3 N–H and O–H groups in total. The van der Waals surface area contributed by atoms with Crippen LogP contribution < -0.4 is 5.73 Å². The largest absolute Gasteiger partial charge is 0.387 e. The van der Waals surface area contributed by atoms with Crippen LogP contribution in [0.2, 0.25) is 0 Å². The normalized spacial score (nSPS) is 18.6. The van der Waals surface area contributed by atoms with Gasteiger partial charge in [0, 0.05) is 12.0 Å². The fourth-order valence-corrected chi connectivity index (χ4v) is 2.13. The smallest absolute Gasteiger partial charge is 0.0963 e. The van der Waals surface area contributed by atoms with Crippen LogP contribution >= 0.6 is 0 Å². The molecule has 3 heteroatoms. The van der Waals surface area contributed by atoms with Gasteiger partial charge in [-0.2, -0.15) is 0 Å². The lowest BCUT2D eigenvalue weighted by atomic mass is 9.87. The van der Waals surface area contributed by atoms with E-state index >= 15 is 0 Å². The van der Waals surface area contributed by atoms with Gasteiger partial charge in [-0.05, 0) is 25.7 Å². The molecule has 0 heterocycles. The summed E-state index contributed by atoms with van der Waals surface area (Å²) in [6.07, 6.45) is 8.92. The fourth-order valence-electron chi connectivity index (χ4n) is 2.13. The summed E-state index contributed by atoms with van der Waals surface area (Å²) in [5, 5.41) is 7.47. The first-order chi connectivity index (χ1) is 7.52. The van der Waals surface area contributed by atoms with Gasteiger partial charge in [0.05, 0.1) is 11.9 Å². The molecule has 0 bridgehead atoms. The maximum Gasteiger partial charge on any atom is 0.0963 e. The average Bonchev–Trinajstić information content (AvgIpc) is 2.26. The Bertz CT molecular complexity index is 220. The van der Waals surface area contributed by atoms with Crippen LogP contribution in [0.5, 0.6) is 0 Å². The summed E-state index contributed by atoms with van der Waals surface area (Å²) in [4.78, 5) is 0. The van der Waals surface area contributed by atoms with Crippen LogP contribution in [0.15, 0.2) is 0 Å². The minimum Gasteiger partial charge on any atom is -0.387 e. The van der Waals surface area contributed by atoms with Crippen LogP contribution in [0.25, 0.3) is 0 Å². The van der Waals surface area contributed by atoms with E-state index < -0.39 is 0 Å². The van der Waals surface area contributed by atoms with Gasteiger partial charge in [0.15, 0.2) is 0 Å². The minimum atomic E-state index is -0.171. The molecule has 94 valence electrons. The summed E-state index contributed by atoms with van der Waals surface area (Å²) in [5.41, 5.74) is 5.37. The van der Waals surface area contributed by atoms with Crippen molar-refractivity contribution in [2.75, 3.05) is 6.61 Å². The number of hydrogen-bond acceptors (Lipinski definition) is 2. The molecule has 0 aromatic carbocycles. The minimum absolute atomic E-state index is 0.171. The molecular formula is C13H26N2O. The van der Waals surface area contributed by atoms with E-state index in [4.69, 9.17) is 15.9 Å². The van der Waals surface area contributed by atoms with Crippen molar-refractivity contribution in [1.29, 1.82) is 5.41 Å². The molecule has 0 radical (unpaired) electrons. The molecule has 1 fully saturated rings. The summed E-state index contributed by atoms with van der Waals surface area (Å²) >= 11 is 0. The van der Waals surface area contributed by atoms with E-state index in [2.05, 4.69) is 0 Å². The molecule has 0 aliphatic heterocycles. The van der Waals surface area contributed by atoms with Gasteiger partial charge >= 0.3 is 0 Å². The highest BCUT2D eigenvalue weighted by Crippen LogP contribution is 2.23. The van der Waals surface area contributed by atoms with Crippen molar-refractivity contribution in [3.63, 3.8) is 0 Å². The molecule has 0 unspecified atom stereocenters. The second-order valence-corrected chi connectivity index (χ2v) is 5.53. The Morgan fingerprint density at radius 1 is 1.31 bits per heavy atom. The van der Waals surface area contributed by atoms with Gasteiger partial charge in [-0.15, -0.1) is 0 Å². The molecule has 1 rings (SSSR count). The lowest BCUT2D eigenvalue weighted by molar-refractivity contribution is 0.0244.